The summed E-state index contributed by atoms with van der Waals surface area (Å²) in [5.41, 5.74) is 4.16. The SMILES string of the molecule is CCC1(CC)CN(c2ccccc2NC(=O)Nc2nc3ccc(Cl)cc3s2)c2c(O)cccc21. The monoisotopic (exact) mass is 492 g/mol. The number of halogens is 1. The molecule has 1 aliphatic heterocycles. The van der Waals surface area contributed by atoms with Crippen molar-refractivity contribution in [2.24, 2.45) is 0 Å². The van der Waals surface area contributed by atoms with E-state index in [2.05, 4.69) is 40.4 Å². The van der Waals surface area contributed by atoms with Crippen LogP contribution in [0.25, 0.3) is 10.2 Å². The van der Waals surface area contributed by atoms with Gasteiger partial charge in [-0.25, -0.2) is 9.78 Å². The van der Waals surface area contributed by atoms with Gasteiger partial charge in [-0.05, 0) is 54.8 Å². The molecule has 0 saturated carbocycles. The summed E-state index contributed by atoms with van der Waals surface area (Å²) in [5, 5.41) is 17.7. The molecule has 174 valence electrons. The maximum atomic E-state index is 12.9. The van der Waals surface area contributed by atoms with Gasteiger partial charge in [-0.3, -0.25) is 5.32 Å². The number of fused-ring (bicyclic) bond motifs is 2. The summed E-state index contributed by atoms with van der Waals surface area (Å²) in [6.07, 6.45) is 1.91. The molecule has 2 heterocycles. The summed E-state index contributed by atoms with van der Waals surface area (Å²) < 4.78 is 0.905. The Morgan fingerprint density at radius 1 is 1.12 bits per heavy atom. The van der Waals surface area contributed by atoms with Crippen molar-refractivity contribution in [1.29, 1.82) is 0 Å². The molecule has 0 radical (unpaired) electrons. The Bertz CT molecular complexity index is 1380. The Morgan fingerprint density at radius 3 is 2.71 bits per heavy atom. The number of phenolic OH excluding ortho intramolecular Hbond substituents is 1. The lowest BCUT2D eigenvalue weighted by Crippen LogP contribution is -2.31. The van der Waals surface area contributed by atoms with Gasteiger partial charge < -0.3 is 15.3 Å². The average molecular weight is 493 g/mol. The summed E-state index contributed by atoms with van der Waals surface area (Å²) in [4.78, 5) is 19.5. The van der Waals surface area contributed by atoms with Gasteiger partial charge in [0.25, 0.3) is 0 Å². The average Bonchev–Trinajstić information content (AvgIpc) is 3.38. The number of rotatable bonds is 5. The van der Waals surface area contributed by atoms with Crippen LogP contribution in [0.1, 0.15) is 32.3 Å². The van der Waals surface area contributed by atoms with Gasteiger partial charge in [-0.15, -0.1) is 0 Å². The van der Waals surface area contributed by atoms with Crippen molar-refractivity contribution in [3.63, 3.8) is 0 Å². The number of nitrogens with one attached hydrogen (secondary N) is 2. The predicted octanol–water partition coefficient (Wildman–Crippen LogP) is 7.51. The van der Waals surface area contributed by atoms with Crippen molar-refractivity contribution >= 4 is 61.4 Å². The molecule has 6 nitrogen and oxygen atoms in total. The molecular formula is C26H25ClN4O2S. The van der Waals surface area contributed by atoms with Crippen LogP contribution in [-0.4, -0.2) is 22.7 Å². The van der Waals surface area contributed by atoms with Crippen molar-refractivity contribution in [2.45, 2.75) is 32.1 Å². The normalized spacial score (nSPS) is 14.3. The topological polar surface area (TPSA) is 77.5 Å². The van der Waals surface area contributed by atoms with E-state index >= 15 is 0 Å². The molecule has 0 spiro atoms. The zero-order chi connectivity index (χ0) is 23.9. The lowest BCUT2D eigenvalue weighted by Gasteiger charge is -2.29. The lowest BCUT2D eigenvalue weighted by atomic mass is 9.77. The van der Waals surface area contributed by atoms with Crippen LogP contribution in [0.15, 0.2) is 60.7 Å². The first kappa shape index (κ1) is 22.5. The summed E-state index contributed by atoms with van der Waals surface area (Å²) >= 11 is 7.43. The highest BCUT2D eigenvalue weighted by Crippen LogP contribution is 2.52. The zero-order valence-corrected chi connectivity index (χ0v) is 20.5. The first-order valence-corrected chi connectivity index (χ1v) is 12.5. The Labute approximate surface area is 207 Å². The number of phenols is 1. The molecule has 0 aliphatic carbocycles. The summed E-state index contributed by atoms with van der Waals surface area (Å²) in [7, 11) is 0. The molecule has 0 fully saturated rings. The number of urea groups is 1. The highest BCUT2D eigenvalue weighted by Gasteiger charge is 2.42. The second-order valence-electron chi connectivity index (χ2n) is 8.47. The maximum Gasteiger partial charge on any atom is 0.325 e. The van der Waals surface area contributed by atoms with Crippen LogP contribution in [0.3, 0.4) is 0 Å². The molecule has 3 aromatic carbocycles. The number of hydrogen-bond acceptors (Lipinski definition) is 5. The Morgan fingerprint density at radius 2 is 1.91 bits per heavy atom. The summed E-state index contributed by atoms with van der Waals surface area (Å²) in [6, 6.07) is 18.4. The minimum atomic E-state index is -0.383. The first-order chi connectivity index (χ1) is 16.4. The van der Waals surface area contributed by atoms with E-state index in [1.165, 1.54) is 11.3 Å². The first-order valence-electron chi connectivity index (χ1n) is 11.3. The molecule has 4 aromatic rings. The Hall–Kier alpha value is -3.29. The van der Waals surface area contributed by atoms with E-state index in [4.69, 9.17) is 11.6 Å². The number of aromatic hydroxyl groups is 1. The van der Waals surface area contributed by atoms with Crippen molar-refractivity contribution in [3.8, 4) is 5.75 Å². The fraction of sp³-hybridized carbons (Fsp3) is 0.231. The van der Waals surface area contributed by atoms with Crippen LogP contribution >= 0.6 is 22.9 Å². The molecule has 0 bridgehead atoms. The quantitative estimate of drug-likeness (QED) is 0.269. The molecule has 3 N–H and O–H groups in total. The fourth-order valence-corrected chi connectivity index (χ4v) is 5.92. The number of benzene rings is 3. The van der Waals surface area contributed by atoms with Gasteiger partial charge in [0.15, 0.2) is 5.13 Å². The van der Waals surface area contributed by atoms with E-state index < -0.39 is 0 Å². The number of thiazole rings is 1. The highest BCUT2D eigenvalue weighted by molar-refractivity contribution is 7.22. The fourth-order valence-electron chi connectivity index (χ4n) is 4.79. The largest absolute Gasteiger partial charge is 0.506 e. The Balaban J connectivity index is 1.44. The van der Waals surface area contributed by atoms with E-state index in [0.29, 0.717) is 15.8 Å². The van der Waals surface area contributed by atoms with Crippen LogP contribution < -0.4 is 15.5 Å². The molecule has 2 amide bonds. The van der Waals surface area contributed by atoms with E-state index in [-0.39, 0.29) is 17.2 Å². The van der Waals surface area contributed by atoms with E-state index in [1.807, 2.05) is 42.5 Å². The van der Waals surface area contributed by atoms with Crippen LogP contribution in [0, 0.1) is 0 Å². The predicted molar refractivity (Wildman–Crippen MR) is 141 cm³/mol. The van der Waals surface area contributed by atoms with Gasteiger partial charge in [-0.1, -0.05) is 61.1 Å². The van der Waals surface area contributed by atoms with Gasteiger partial charge in [0.2, 0.25) is 0 Å². The van der Waals surface area contributed by atoms with E-state index in [1.54, 1.807) is 12.1 Å². The van der Waals surface area contributed by atoms with Gasteiger partial charge in [0.05, 0.1) is 27.3 Å². The highest BCUT2D eigenvalue weighted by atomic mass is 35.5. The van der Waals surface area contributed by atoms with Crippen molar-refractivity contribution in [2.75, 3.05) is 22.1 Å². The Kier molecular flexibility index (Phi) is 5.83. The van der Waals surface area contributed by atoms with E-state index in [0.717, 1.165) is 46.5 Å². The molecule has 0 unspecified atom stereocenters. The van der Waals surface area contributed by atoms with Gasteiger partial charge in [0.1, 0.15) is 5.75 Å². The number of carbonyl (C=O) groups excluding carboxylic acids is 1. The number of anilines is 4. The second kappa shape index (κ2) is 8.81. The smallest absolute Gasteiger partial charge is 0.325 e. The molecule has 34 heavy (non-hydrogen) atoms. The van der Waals surface area contributed by atoms with Crippen molar-refractivity contribution in [1.82, 2.24) is 4.98 Å². The molecule has 0 atom stereocenters. The third-order valence-electron chi connectivity index (χ3n) is 6.68. The minimum absolute atomic E-state index is 0.0638. The standard InChI is InChI=1S/C26H25ClN4O2S/c1-3-26(4-2)15-31(23-17(26)8-7-11-21(23)32)20-10-6-5-9-18(20)28-24(33)30-25-29-19-13-12-16(27)14-22(19)34-25/h5-14,32H,3-4,15H2,1-2H3,(H2,28,29,30,33). The van der Waals surface area contributed by atoms with Gasteiger partial charge in [0, 0.05) is 17.0 Å². The molecular weight excluding hydrogens is 468 g/mol. The molecule has 0 saturated heterocycles. The molecule has 1 aromatic heterocycles. The number of amides is 2. The number of nitrogens with zero attached hydrogens (tertiary/aromatic N) is 2. The minimum Gasteiger partial charge on any atom is -0.506 e. The molecule has 8 heteroatoms. The maximum absolute atomic E-state index is 12.9. The molecule has 5 rings (SSSR count). The number of hydrogen-bond donors (Lipinski definition) is 3. The lowest BCUT2D eigenvalue weighted by molar-refractivity contribution is 0.262. The number of aromatic nitrogens is 1. The van der Waals surface area contributed by atoms with Crippen LogP contribution in [0.2, 0.25) is 5.02 Å². The third-order valence-corrected chi connectivity index (χ3v) is 7.85. The summed E-state index contributed by atoms with van der Waals surface area (Å²) in [6.45, 7) is 5.10. The van der Waals surface area contributed by atoms with Crippen LogP contribution in [0.5, 0.6) is 5.75 Å². The van der Waals surface area contributed by atoms with Crippen molar-refractivity contribution < 1.29 is 9.90 Å². The second-order valence-corrected chi connectivity index (χ2v) is 9.94. The number of carbonyl (C=O) groups is 1. The van der Waals surface area contributed by atoms with Crippen molar-refractivity contribution in [3.05, 3.63) is 71.2 Å². The third kappa shape index (κ3) is 3.85. The van der Waals surface area contributed by atoms with Crippen LogP contribution in [-0.2, 0) is 5.41 Å². The van der Waals surface area contributed by atoms with Gasteiger partial charge >= 0.3 is 6.03 Å². The zero-order valence-electron chi connectivity index (χ0n) is 18.9. The summed E-state index contributed by atoms with van der Waals surface area (Å²) in [5.74, 6) is 0.244. The van der Waals surface area contributed by atoms with Crippen LogP contribution in [0.4, 0.5) is 27.0 Å². The molecule has 1 aliphatic rings. The van der Waals surface area contributed by atoms with E-state index in [9.17, 15) is 9.90 Å². The number of para-hydroxylation sites is 3. The van der Waals surface area contributed by atoms with Gasteiger partial charge in [-0.2, -0.15) is 0 Å².